The lowest BCUT2D eigenvalue weighted by Crippen LogP contribution is -2.48. The van der Waals surface area contributed by atoms with Gasteiger partial charge < -0.3 is 15.5 Å². The Morgan fingerprint density at radius 1 is 1.27 bits per heavy atom. The van der Waals surface area contributed by atoms with E-state index in [0.29, 0.717) is 16.2 Å². The average Bonchev–Trinajstić information content (AvgIpc) is 2.75. The van der Waals surface area contributed by atoms with Gasteiger partial charge >= 0.3 is 0 Å². The molecule has 158 valence electrons. The summed E-state index contributed by atoms with van der Waals surface area (Å²) in [5.41, 5.74) is 7.76. The molecule has 0 radical (unpaired) electrons. The van der Waals surface area contributed by atoms with Gasteiger partial charge in [0.25, 0.3) is 5.56 Å². The first-order chi connectivity index (χ1) is 14.4. The highest BCUT2D eigenvalue weighted by Gasteiger charge is 2.41. The van der Waals surface area contributed by atoms with Crippen molar-refractivity contribution in [3.63, 3.8) is 0 Å². The van der Waals surface area contributed by atoms with Gasteiger partial charge in [-0.3, -0.25) is 4.79 Å². The number of hydrogen-bond donors (Lipinski definition) is 2. The Morgan fingerprint density at radius 2 is 2.03 bits per heavy atom. The first-order valence-electron chi connectivity index (χ1n) is 10.4. The molecule has 4 rings (SSSR count). The lowest BCUT2D eigenvalue weighted by Gasteiger charge is -2.44. The van der Waals surface area contributed by atoms with Crippen molar-refractivity contribution in [3.8, 4) is 5.75 Å². The highest BCUT2D eigenvalue weighted by Crippen LogP contribution is 2.44. The van der Waals surface area contributed by atoms with Crippen molar-refractivity contribution in [2.24, 2.45) is 5.73 Å². The van der Waals surface area contributed by atoms with Crippen molar-refractivity contribution in [3.05, 3.63) is 74.1 Å². The van der Waals surface area contributed by atoms with E-state index in [4.69, 9.17) is 22.1 Å². The maximum absolute atomic E-state index is 12.0. The molecule has 1 aromatic heterocycles. The molecule has 0 amide bonds. The summed E-state index contributed by atoms with van der Waals surface area (Å²) in [5, 5.41) is 1.86. The summed E-state index contributed by atoms with van der Waals surface area (Å²) in [6, 6.07) is 14.0. The lowest BCUT2D eigenvalue weighted by atomic mass is 9.64. The van der Waals surface area contributed by atoms with Gasteiger partial charge in [-0.2, -0.15) is 0 Å². The summed E-state index contributed by atoms with van der Waals surface area (Å²) in [6.45, 7) is 2.16. The third-order valence-corrected chi connectivity index (χ3v) is 7.28. The van der Waals surface area contributed by atoms with Crippen molar-refractivity contribution in [1.82, 2.24) is 4.98 Å². The van der Waals surface area contributed by atoms with Crippen LogP contribution in [0, 0.1) is 0 Å². The van der Waals surface area contributed by atoms with Gasteiger partial charge in [-0.25, -0.2) is 0 Å². The van der Waals surface area contributed by atoms with E-state index in [1.165, 1.54) is 5.56 Å². The van der Waals surface area contributed by atoms with Gasteiger partial charge in [-0.1, -0.05) is 46.6 Å². The Bertz CT molecular complexity index is 1110. The van der Waals surface area contributed by atoms with E-state index in [1.807, 2.05) is 12.1 Å². The summed E-state index contributed by atoms with van der Waals surface area (Å²) in [7, 11) is 0. The molecule has 4 nitrogen and oxygen atoms in total. The second-order valence-electron chi connectivity index (χ2n) is 8.18. The fourth-order valence-corrected chi connectivity index (χ4v) is 5.35. The number of rotatable bonds is 5. The summed E-state index contributed by atoms with van der Waals surface area (Å²) in [5.74, 6) is 0.634. The molecule has 3 aromatic rings. The summed E-state index contributed by atoms with van der Waals surface area (Å²) < 4.78 is 7.39. The van der Waals surface area contributed by atoms with Crippen LogP contribution < -0.4 is 16.0 Å². The number of aromatic nitrogens is 1. The fourth-order valence-electron chi connectivity index (χ4n) is 4.75. The number of H-pyrrole nitrogens is 1. The zero-order chi connectivity index (χ0) is 21.3. The SMILES string of the molecule is CC[C@H](N)C1(c2cccc(Br)c2)CCC(Oc2cc3cc[nH]c(=O)c3cc2Cl)CC1. The minimum Gasteiger partial charge on any atom is -0.489 e. The molecule has 1 saturated carbocycles. The largest absolute Gasteiger partial charge is 0.489 e. The Balaban J connectivity index is 1.55. The Morgan fingerprint density at radius 3 is 2.73 bits per heavy atom. The first-order valence-corrected chi connectivity index (χ1v) is 11.6. The minimum atomic E-state index is -0.147. The first kappa shape index (κ1) is 21.4. The number of pyridine rings is 1. The highest BCUT2D eigenvalue weighted by atomic mass is 79.9. The maximum atomic E-state index is 12.0. The maximum Gasteiger partial charge on any atom is 0.255 e. The van der Waals surface area contributed by atoms with Crippen molar-refractivity contribution >= 4 is 38.3 Å². The standard InChI is InChI=1S/C24H26BrClN2O2/c1-2-22(27)24(16-4-3-5-17(25)13-16)9-6-18(7-10-24)30-21-12-15-8-11-28-23(29)19(15)14-20(21)26/h3-5,8,11-14,18,22H,2,6-7,9-10,27H2,1H3,(H,28,29)/t18?,22-,24?/m0/s1. The van der Waals surface area contributed by atoms with Crippen LogP contribution in [0.1, 0.15) is 44.6 Å². The topological polar surface area (TPSA) is 68.1 Å². The number of nitrogens with one attached hydrogen (secondary N) is 1. The number of fused-ring (bicyclic) bond motifs is 1. The van der Waals surface area contributed by atoms with Crippen LogP contribution in [0.2, 0.25) is 5.02 Å². The minimum absolute atomic E-state index is 0.0428. The monoisotopic (exact) mass is 488 g/mol. The molecule has 0 bridgehead atoms. The lowest BCUT2D eigenvalue weighted by molar-refractivity contribution is 0.104. The summed E-state index contributed by atoms with van der Waals surface area (Å²) in [6.07, 6.45) is 6.40. The van der Waals surface area contributed by atoms with Crippen LogP contribution in [0.15, 0.2) is 57.9 Å². The van der Waals surface area contributed by atoms with Crippen LogP contribution >= 0.6 is 27.5 Å². The molecule has 0 spiro atoms. The molecule has 0 saturated heterocycles. The molecule has 1 aliphatic carbocycles. The number of halogens is 2. The van der Waals surface area contributed by atoms with E-state index in [0.717, 1.165) is 42.0 Å². The van der Waals surface area contributed by atoms with Gasteiger partial charge in [-0.15, -0.1) is 0 Å². The van der Waals surface area contributed by atoms with Gasteiger partial charge in [-0.05, 0) is 73.4 Å². The van der Waals surface area contributed by atoms with E-state index in [2.05, 4.69) is 52.1 Å². The number of nitrogens with two attached hydrogens (primary N) is 1. The fraction of sp³-hybridized carbons (Fsp3) is 0.375. The van der Waals surface area contributed by atoms with Gasteiger partial charge in [0.15, 0.2) is 0 Å². The van der Waals surface area contributed by atoms with Gasteiger partial charge in [0.1, 0.15) is 5.75 Å². The van der Waals surface area contributed by atoms with E-state index in [-0.39, 0.29) is 23.1 Å². The van der Waals surface area contributed by atoms with Crippen molar-refractivity contribution in [2.75, 3.05) is 0 Å². The molecule has 3 N–H and O–H groups in total. The summed E-state index contributed by atoms with van der Waals surface area (Å²) >= 11 is 10.0. The molecule has 6 heteroatoms. The molecule has 2 aromatic carbocycles. The van der Waals surface area contributed by atoms with Crippen molar-refractivity contribution in [1.29, 1.82) is 0 Å². The third-order valence-electron chi connectivity index (χ3n) is 6.49. The normalized spacial score (nSPS) is 22.7. The number of ether oxygens (including phenoxy) is 1. The van der Waals surface area contributed by atoms with Crippen LogP contribution in [0.3, 0.4) is 0 Å². The van der Waals surface area contributed by atoms with Crippen molar-refractivity contribution < 1.29 is 4.74 Å². The van der Waals surface area contributed by atoms with Gasteiger partial charge in [0, 0.05) is 27.5 Å². The van der Waals surface area contributed by atoms with E-state index < -0.39 is 0 Å². The average molecular weight is 490 g/mol. The van der Waals surface area contributed by atoms with Gasteiger partial charge in [0.05, 0.1) is 11.1 Å². The Kier molecular flexibility index (Phi) is 6.24. The van der Waals surface area contributed by atoms with Crippen LogP contribution in [0.4, 0.5) is 0 Å². The van der Waals surface area contributed by atoms with Crippen LogP contribution in [0.25, 0.3) is 10.8 Å². The van der Waals surface area contributed by atoms with Crippen LogP contribution in [-0.2, 0) is 5.41 Å². The zero-order valence-electron chi connectivity index (χ0n) is 17.0. The van der Waals surface area contributed by atoms with E-state index in [9.17, 15) is 4.79 Å². The van der Waals surface area contributed by atoms with Crippen molar-refractivity contribution in [2.45, 2.75) is 56.6 Å². The molecular formula is C24H26BrClN2O2. The molecular weight excluding hydrogens is 464 g/mol. The molecule has 0 unspecified atom stereocenters. The second-order valence-corrected chi connectivity index (χ2v) is 9.50. The smallest absolute Gasteiger partial charge is 0.255 e. The number of aromatic amines is 1. The highest BCUT2D eigenvalue weighted by molar-refractivity contribution is 9.10. The molecule has 0 aliphatic heterocycles. The molecule has 30 heavy (non-hydrogen) atoms. The summed E-state index contributed by atoms with van der Waals surface area (Å²) in [4.78, 5) is 14.7. The number of hydrogen-bond acceptors (Lipinski definition) is 3. The molecule has 1 fully saturated rings. The third kappa shape index (κ3) is 4.03. The quantitative estimate of drug-likeness (QED) is 0.466. The molecule has 1 heterocycles. The van der Waals surface area contributed by atoms with E-state index in [1.54, 1.807) is 12.3 Å². The van der Waals surface area contributed by atoms with E-state index >= 15 is 0 Å². The van der Waals surface area contributed by atoms with Gasteiger partial charge in [0.2, 0.25) is 0 Å². The second kappa shape index (κ2) is 8.74. The number of benzene rings is 2. The predicted molar refractivity (Wildman–Crippen MR) is 127 cm³/mol. The van der Waals surface area contributed by atoms with Crippen LogP contribution in [-0.4, -0.2) is 17.1 Å². The molecule has 1 atom stereocenters. The predicted octanol–water partition coefficient (Wildman–Crippen LogP) is 5.94. The molecule has 1 aliphatic rings. The van der Waals surface area contributed by atoms with Crippen LogP contribution in [0.5, 0.6) is 5.75 Å². The zero-order valence-corrected chi connectivity index (χ0v) is 19.3. The Labute approximate surface area is 189 Å². The Hall–Kier alpha value is -1.82.